The van der Waals surface area contributed by atoms with E-state index in [-0.39, 0.29) is 5.95 Å². The monoisotopic (exact) mass is 304 g/mol. The topological polar surface area (TPSA) is 52.2 Å². The minimum atomic E-state index is -4.61. The Morgan fingerprint density at radius 1 is 1.29 bits per heavy atom. The van der Waals surface area contributed by atoms with Crippen molar-refractivity contribution in [1.29, 1.82) is 0 Å². The van der Waals surface area contributed by atoms with Crippen molar-refractivity contribution in [2.45, 2.75) is 25.9 Å². The minimum Gasteiger partial charge on any atom is -0.340 e. The van der Waals surface area contributed by atoms with Crippen molar-refractivity contribution in [2.24, 2.45) is 0 Å². The van der Waals surface area contributed by atoms with Gasteiger partial charge in [0.15, 0.2) is 5.69 Å². The van der Waals surface area contributed by atoms with Crippen molar-refractivity contribution in [3.63, 3.8) is 0 Å². The van der Waals surface area contributed by atoms with E-state index in [1.54, 1.807) is 4.90 Å². The number of nitrogens with zero attached hydrogens (tertiary/aromatic N) is 3. The summed E-state index contributed by atoms with van der Waals surface area (Å²) in [6, 6.07) is 0.487. The number of nitrogens with one attached hydrogen (secondary N) is 1. The second-order valence-electron chi connectivity index (χ2n) is 5.13. The van der Waals surface area contributed by atoms with Crippen molar-refractivity contribution in [2.75, 3.05) is 37.6 Å². The molecule has 0 bridgehead atoms. The molecule has 1 fully saturated rings. The maximum atomic E-state index is 12.7. The van der Waals surface area contributed by atoms with Crippen LogP contribution in [0, 0.1) is 0 Å². The first-order valence-electron chi connectivity index (χ1n) is 7.06. The number of aromatic amines is 1. The average Bonchev–Trinajstić information content (AvgIpc) is 2.44. The number of rotatable bonds is 4. The molecule has 0 saturated carbocycles. The zero-order valence-corrected chi connectivity index (χ0v) is 11.9. The lowest BCUT2D eigenvalue weighted by atomic mass is 10.2. The van der Waals surface area contributed by atoms with Crippen LogP contribution in [0.1, 0.15) is 25.5 Å². The van der Waals surface area contributed by atoms with Gasteiger partial charge in [0.1, 0.15) is 0 Å². The van der Waals surface area contributed by atoms with Crippen molar-refractivity contribution in [3.8, 4) is 0 Å². The zero-order valence-electron chi connectivity index (χ0n) is 11.9. The molecule has 1 aliphatic rings. The van der Waals surface area contributed by atoms with Gasteiger partial charge in [0.05, 0.1) is 0 Å². The molecule has 0 radical (unpaired) electrons. The van der Waals surface area contributed by atoms with Gasteiger partial charge in [-0.25, -0.2) is 4.98 Å². The number of hydrogen-bond donors (Lipinski definition) is 1. The van der Waals surface area contributed by atoms with E-state index in [4.69, 9.17) is 0 Å². The van der Waals surface area contributed by atoms with Gasteiger partial charge >= 0.3 is 6.18 Å². The lowest BCUT2D eigenvalue weighted by molar-refractivity contribution is -0.141. The molecule has 1 aliphatic heterocycles. The Kier molecular flexibility index (Phi) is 4.87. The molecule has 0 aromatic carbocycles. The van der Waals surface area contributed by atoms with Crippen LogP contribution in [0.15, 0.2) is 10.9 Å². The van der Waals surface area contributed by atoms with E-state index in [1.165, 1.54) is 0 Å². The molecule has 21 heavy (non-hydrogen) atoms. The lowest BCUT2D eigenvalue weighted by Gasteiger charge is -2.35. The van der Waals surface area contributed by atoms with Crippen LogP contribution in [0.5, 0.6) is 0 Å². The second-order valence-corrected chi connectivity index (χ2v) is 5.13. The Labute approximate surface area is 120 Å². The van der Waals surface area contributed by atoms with E-state index in [1.807, 2.05) is 0 Å². The summed E-state index contributed by atoms with van der Waals surface area (Å²) >= 11 is 0. The molecule has 0 unspecified atom stereocenters. The highest BCUT2D eigenvalue weighted by Gasteiger charge is 2.34. The second kappa shape index (κ2) is 6.46. The van der Waals surface area contributed by atoms with Crippen LogP contribution in [0.4, 0.5) is 19.1 Å². The Bertz CT molecular complexity index is 521. The maximum absolute atomic E-state index is 12.7. The largest absolute Gasteiger partial charge is 0.433 e. The normalized spacial score (nSPS) is 17.2. The quantitative estimate of drug-likeness (QED) is 0.920. The summed E-state index contributed by atoms with van der Waals surface area (Å²) in [5.74, 6) is 0.00460. The molecule has 118 valence electrons. The van der Waals surface area contributed by atoms with Gasteiger partial charge in [-0.3, -0.25) is 14.7 Å². The Morgan fingerprint density at radius 3 is 2.52 bits per heavy atom. The summed E-state index contributed by atoms with van der Waals surface area (Å²) in [4.78, 5) is 21.3. The van der Waals surface area contributed by atoms with E-state index in [0.29, 0.717) is 19.2 Å². The number of hydrogen-bond acceptors (Lipinski definition) is 4. The van der Waals surface area contributed by atoms with E-state index >= 15 is 0 Å². The number of aromatic nitrogens is 2. The van der Waals surface area contributed by atoms with Crippen LogP contribution in [0.25, 0.3) is 0 Å². The Hall–Kier alpha value is -1.57. The first-order valence-corrected chi connectivity index (χ1v) is 7.06. The van der Waals surface area contributed by atoms with Gasteiger partial charge in [-0.15, -0.1) is 0 Å². The third-order valence-corrected chi connectivity index (χ3v) is 3.52. The number of alkyl halides is 3. The molecule has 8 heteroatoms. The van der Waals surface area contributed by atoms with Gasteiger partial charge in [0, 0.05) is 32.2 Å². The first kappa shape index (κ1) is 15.8. The van der Waals surface area contributed by atoms with E-state index in [0.717, 1.165) is 32.5 Å². The zero-order chi connectivity index (χ0) is 15.5. The third kappa shape index (κ3) is 4.20. The summed E-state index contributed by atoms with van der Waals surface area (Å²) in [6.45, 7) is 5.77. The van der Waals surface area contributed by atoms with Gasteiger partial charge in [0.2, 0.25) is 5.95 Å². The van der Waals surface area contributed by atoms with Gasteiger partial charge in [-0.05, 0) is 13.0 Å². The summed E-state index contributed by atoms with van der Waals surface area (Å²) < 4.78 is 38.0. The molecule has 1 N–H and O–H groups in total. The van der Waals surface area contributed by atoms with Gasteiger partial charge in [-0.1, -0.05) is 13.3 Å². The molecule has 0 atom stereocenters. The van der Waals surface area contributed by atoms with Gasteiger partial charge < -0.3 is 4.90 Å². The minimum absolute atomic E-state index is 0.00460. The number of H-pyrrole nitrogens is 1. The summed E-state index contributed by atoms with van der Waals surface area (Å²) in [5, 5.41) is 0. The third-order valence-electron chi connectivity index (χ3n) is 3.52. The van der Waals surface area contributed by atoms with Crippen LogP contribution < -0.4 is 10.5 Å². The van der Waals surface area contributed by atoms with Gasteiger partial charge in [-0.2, -0.15) is 13.2 Å². The summed E-state index contributed by atoms with van der Waals surface area (Å²) in [6.07, 6.45) is -2.38. The van der Waals surface area contributed by atoms with Crippen LogP contribution >= 0.6 is 0 Å². The fraction of sp³-hybridized carbons (Fsp3) is 0.692. The highest BCUT2D eigenvalue weighted by molar-refractivity contribution is 5.31. The van der Waals surface area contributed by atoms with Crippen LogP contribution in [-0.4, -0.2) is 47.6 Å². The fourth-order valence-corrected chi connectivity index (χ4v) is 2.30. The molecule has 5 nitrogen and oxygen atoms in total. The maximum Gasteiger partial charge on any atom is 0.433 e. The van der Waals surface area contributed by atoms with E-state index < -0.39 is 17.4 Å². The molecule has 1 aromatic heterocycles. The highest BCUT2D eigenvalue weighted by atomic mass is 19.4. The smallest absolute Gasteiger partial charge is 0.340 e. The molecule has 0 aliphatic carbocycles. The predicted molar refractivity (Wildman–Crippen MR) is 73.4 cm³/mol. The van der Waals surface area contributed by atoms with Crippen LogP contribution in [0.3, 0.4) is 0 Å². The number of piperazine rings is 1. The summed E-state index contributed by atoms with van der Waals surface area (Å²) in [7, 11) is 0. The van der Waals surface area contributed by atoms with Crippen molar-refractivity contribution in [3.05, 3.63) is 22.1 Å². The number of unbranched alkanes of at least 4 members (excludes halogenated alkanes) is 1. The first-order chi connectivity index (χ1) is 9.90. The SMILES string of the molecule is CCCCN1CCN(c2nc(C(F)(F)F)cc(=O)[nH]2)CC1. The number of halogens is 3. The lowest BCUT2D eigenvalue weighted by Crippen LogP contribution is -2.47. The van der Waals surface area contributed by atoms with Crippen LogP contribution in [-0.2, 0) is 6.18 Å². The number of anilines is 1. The molecular weight excluding hydrogens is 285 g/mol. The van der Waals surface area contributed by atoms with Gasteiger partial charge in [0.25, 0.3) is 5.56 Å². The van der Waals surface area contributed by atoms with Crippen LogP contribution in [0.2, 0.25) is 0 Å². The molecular formula is C13H19F3N4O. The molecule has 2 rings (SSSR count). The molecule has 1 aromatic rings. The molecule has 1 saturated heterocycles. The standard InChI is InChI=1S/C13H19F3N4O/c1-2-3-4-19-5-7-20(8-6-19)12-17-10(13(14,15)16)9-11(21)18-12/h9H,2-8H2,1H3,(H,17,18,21). The predicted octanol–water partition coefficient (Wildman–Crippen LogP) is 1.71. The fourth-order valence-electron chi connectivity index (χ4n) is 2.30. The van der Waals surface area contributed by atoms with E-state index in [2.05, 4.69) is 21.8 Å². The van der Waals surface area contributed by atoms with Crippen molar-refractivity contribution in [1.82, 2.24) is 14.9 Å². The van der Waals surface area contributed by atoms with Crippen molar-refractivity contribution < 1.29 is 13.2 Å². The van der Waals surface area contributed by atoms with Crippen molar-refractivity contribution >= 4 is 5.95 Å². The molecule has 0 spiro atoms. The molecule has 2 heterocycles. The molecule has 0 amide bonds. The highest BCUT2D eigenvalue weighted by Crippen LogP contribution is 2.27. The Balaban J connectivity index is 2.07. The Morgan fingerprint density at radius 2 is 1.95 bits per heavy atom. The average molecular weight is 304 g/mol. The van der Waals surface area contributed by atoms with E-state index in [9.17, 15) is 18.0 Å². The summed E-state index contributed by atoms with van der Waals surface area (Å²) in [5.41, 5.74) is -1.92.